The zero-order chi connectivity index (χ0) is 14.2. The minimum absolute atomic E-state index is 0.494. The van der Waals surface area contributed by atoms with Gasteiger partial charge in [-0.1, -0.05) is 6.92 Å². The molecule has 104 valence electrons. The van der Waals surface area contributed by atoms with Crippen LogP contribution in [-0.2, 0) is 19.9 Å². The van der Waals surface area contributed by atoms with Crippen molar-refractivity contribution < 1.29 is 5.11 Å². The fourth-order valence-electron chi connectivity index (χ4n) is 1.97. The van der Waals surface area contributed by atoms with Crippen LogP contribution in [0.5, 0.6) is 0 Å². The molecule has 0 aliphatic rings. The third-order valence-corrected chi connectivity index (χ3v) is 6.25. The maximum Gasteiger partial charge on any atom is 0.0938 e. The van der Waals surface area contributed by atoms with Crippen LogP contribution in [-0.4, -0.2) is 14.9 Å². The zero-order valence-electron chi connectivity index (χ0n) is 11.1. The summed E-state index contributed by atoms with van der Waals surface area (Å²) in [6, 6.07) is 2.00. The van der Waals surface area contributed by atoms with Gasteiger partial charge in [0.25, 0.3) is 0 Å². The quantitative estimate of drug-likeness (QED) is 0.826. The predicted molar refractivity (Wildman–Crippen MR) is 85.7 cm³/mol. The summed E-state index contributed by atoms with van der Waals surface area (Å²) < 4.78 is 3.93. The first-order chi connectivity index (χ1) is 8.93. The minimum Gasteiger partial charge on any atom is -0.387 e. The first-order valence-electron chi connectivity index (χ1n) is 6.08. The number of aromatic nitrogens is 2. The Hall–Kier alpha value is -0.170. The molecule has 0 aliphatic carbocycles. The van der Waals surface area contributed by atoms with E-state index in [1.165, 1.54) is 4.88 Å². The molecule has 0 saturated heterocycles. The van der Waals surface area contributed by atoms with Crippen molar-refractivity contribution in [2.75, 3.05) is 0 Å². The van der Waals surface area contributed by atoms with Gasteiger partial charge in [-0.25, -0.2) is 0 Å². The van der Waals surface area contributed by atoms with Gasteiger partial charge in [-0.05, 0) is 51.3 Å². The second kappa shape index (κ2) is 6.08. The Morgan fingerprint density at radius 2 is 2.16 bits per heavy atom. The van der Waals surface area contributed by atoms with E-state index in [1.807, 2.05) is 24.7 Å². The lowest BCUT2D eigenvalue weighted by molar-refractivity contribution is 0.179. The van der Waals surface area contributed by atoms with E-state index in [4.69, 9.17) is 0 Å². The van der Waals surface area contributed by atoms with Crippen LogP contribution < -0.4 is 0 Å². The number of halogens is 2. The molecule has 6 heteroatoms. The van der Waals surface area contributed by atoms with Gasteiger partial charge in [-0.15, -0.1) is 11.3 Å². The third kappa shape index (κ3) is 3.12. The maximum absolute atomic E-state index is 10.4. The first kappa shape index (κ1) is 15.2. The predicted octanol–water partition coefficient (Wildman–Crippen LogP) is 4.15. The largest absolute Gasteiger partial charge is 0.387 e. The fourth-order valence-corrected chi connectivity index (χ4v) is 4.30. The highest BCUT2D eigenvalue weighted by Gasteiger charge is 2.19. The lowest BCUT2D eigenvalue weighted by Crippen LogP contribution is -2.05. The molecule has 2 aromatic heterocycles. The minimum atomic E-state index is -0.494. The van der Waals surface area contributed by atoms with E-state index in [9.17, 15) is 5.11 Å². The van der Waals surface area contributed by atoms with Gasteiger partial charge in [0.1, 0.15) is 0 Å². The number of aliphatic hydroxyl groups excluding tert-OH is 1. The molecule has 3 nitrogen and oxygen atoms in total. The second-order valence-electron chi connectivity index (χ2n) is 4.46. The normalized spacial score (nSPS) is 12.9. The Morgan fingerprint density at radius 3 is 2.63 bits per heavy atom. The summed E-state index contributed by atoms with van der Waals surface area (Å²) >= 11 is 8.69. The Labute approximate surface area is 133 Å². The molecule has 0 fully saturated rings. The Kier molecular flexibility index (Phi) is 4.87. The van der Waals surface area contributed by atoms with Gasteiger partial charge in [0.2, 0.25) is 0 Å². The lowest BCUT2D eigenvalue weighted by Gasteiger charge is -2.09. The van der Waals surface area contributed by atoms with E-state index in [2.05, 4.69) is 43.9 Å². The van der Waals surface area contributed by atoms with E-state index in [1.54, 1.807) is 11.3 Å². The van der Waals surface area contributed by atoms with Gasteiger partial charge in [0.05, 0.1) is 22.0 Å². The molecule has 0 radical (unpaired) electrons. The van der Waals surface area contributed by atoms with E-state index >= 15 is 0 Å². The van der Waals surface area contributed by atoms with Crippen molar-refractivity contribution in [1.82, 2.24) is 9.78 Å². The number of nitrogens with zero attached hydrogens (tertiary/aromatic N) is 2. The number of aryl methyl sites for hydroxylation is 3. The van der Waals surface area contributed by atoms with Crippen LogP contribution in [0.1, 0.15) is 34.2 Å². The molecule has 1 atom stereocenters. The topological polar surface area (TPSA) is 38.0 Å². The van der Waals surface area contributed by atoms with Crippen LogP contribution in [0, 0.1) is 6.92 Å². The molecule has 1 unspecified atom stereocenters. The van der Waals surface area contributed by atoms with Crippen LogP contribution in [0.4, 0.5) is 0 Å². The molecular weight excluding hydrogens is 392 g/mol. The number of hydrogen-bond acceptors (Lipinski definition) is 3. The van der Waals surface area contributed by atoms with Crippen molar-refractivity contribution in [2.45, 2.75) is 32.8 Å². The van der Waals surface area contributed by atoms with E-state index in [0.717, 1.165) is 31.6 Å². The van der Waals surface area contributed by atoms with Gasteiger partial charge < -0.3 is 5.11 Å². The summed E-state index contributed by atoms with van der Waals surface area (Å²) in [6.45, 7) is 4.12. The van der Waals surface area contributed by atoms with Crippen LogP contribution >= 0.6 is 43.2 Å². The average molecular weight is 408 g/mol. The SMILES string of the molecule is CCc1nn(C)c(CC(O)c2cc(Br)c(C)s2)c1Br. The number of hydrogen-bond donors (Lipinski definition) is 1. The van der Waals surface area contributed by atoms with Crippen molar-refractivity contribution >= 4 is 43.2 Å². The van der Waals surface area contributed by atoms with Gasteiger partial charge in [0, 0.05) is 27.7 Å². The first-order valence-corrected chi connectivity index (χ1v) is 8.48. The molecule has 0 aromatic carbocycles. The number of thiophene rings is 1. The molecule has 0 bridgehead atoms. The zero-order valence-corrected chi connectivity index (χ0v) is 15.1. The van der Waals surface area contributed by atoms with Gasteiger partial charge in [-0.3, -0.25) is 4.68 Å². The number of aliphatic hydroxyl groups is 1. The second-order valence-corrected chi connectivity index (χ2v) is 7.39. The molecule has 19 heavy (non-hydrogen) atoms. The Morgan fingerprint density at radius 1 is 1.47 bits per heavy atom. The van der Waals surface area contributed by atoms with Crippen molar-refractivity contribution in [3.63, 3.8) is 0 Å². The molecule has 0 saturated carbocycles. The highest BCUT2D eigenvalue weighted by molar-refractivity contribution is 9.10. The summed E-state index contributed by atoms with van der Waals surface area (Å²) in [6.07, 6.45) is 0.955. The smallest absolute Gasteiger partial charge is 0.0938 e. The fraction of sp³-hybridized carbons (Fsp3) is 0.462. The highest BCUT2D eigenvalue weighted by atomic mass is 79.9. The molecular formula is C13H16Br2N2OS. The van der Waals surface area contributed by atoms with E-state index < -0.39 is 6.10 Å². The molecule has 2 rings (SSSR count). The van der Waals surface area contributed by atoms with Crippen LogP contribution in [0.3, 0.4) is 0 Å². The lowest BCUT2D eigenvalue weighted by atomic mass is 10.1. The van der Waals surface area contributed by atoms with Gasteiger partial charge in [0.15, 0.2) is 0 Å². The van der Waals surface area contributed by atoms with Crippen LogP contribution in [0.15, 0.2) is 15.0 Å². The summed E-state index contributed by atoms with van der Waals surface area (Å²) in [5.74, 6) is 0. The molecule has 0 amide bonds. The molecule has 2 aromatic rings. The van der Waals surface area contributed by atoms with Crippen LogP contribution in [0.25, 0.3) is 0 Å². The Balaban J connectivity index is 2.23. The average Bonchev–Trinajstić information content (AvgIpc) is 2.84. The van der Waals surface area contributed by atoms with Crippen molar-refractivity contribution in [3.8, 4) is 0 Å². The molecule has 0 aliphatic heterocycles. The van der Waals surface area contributed by atoms with Crippen molar-refractivity contribution in [3.05, 3.63) is 36.2 Å². The summed E-state index contributed by atoms with van der Waals surface area (Å²) in [5.41, 5.74) is 2.07. The summed E-state index contributed by atoms with van der Waals surface area (Å²) in [4.78, 5) is 2.17. The van der Waals surface area contributed by atoms with E-state index in [-0.39, 0.29) is 0 Å². The standard InChI is InChI=1S/C13H16Br2N2OS/c1-4-9-13(15)10(17(3)16-9)6-11(18)12-5-8(14)7(2)19-12/h5,11,18H,4,6H2,1-3H3. The third-order valence-electron chi connectivity index (χ3n) is 3.09. The van der Waals surface area contributed by atoms with Crippen molar-refractivity contribution in [1.29, 1.82) is 0 Å². The van der Waals surface area contributed by atoms with Crippen molar-refractivity contribution in [2.24, 2.45) is 7.05 Å². The molecule has 2 heterocycles. The summed E-state index contributed by atoms with van der Waals surface area (Å²) in [7, 11) is 1.92. The Bertz CT molecular complexity index is 572. The van der Waals surface area contributed by atoms with E-state index in [0.29, 0.717) is 6.42 Å². The molecule has 1 N–H and O–H groups in total. The highest BCUT2D eigenvalue weighted by Crippen LogP contribution is 2.33. The molecule has 0 spiro atoms. The van der Waals surface area contributed by atoms with Gasteiger partial charge in [-0.2, -0.15) is 5.10 Å². The van der Waals surface area contributed by atoms with Crippen LogP contribution in [0.2, 0.25) is 0 Å². The monoisotopic (exact) mass is 406 g/mol. The summed E-state index contributed by atoms with van der Waals surface area (Å²) in [5, 5.41) is 14.8. The number of rotatable bonds is 4. The maximum atomic E-state index is 10.4. The van der Waals surface area contributed by atoms with Gasteiger partial charge >= 0.3 is 0 Å².